The minimum atomic E-state index is 0.00274. The molecule has 1 amide bonds. The molecule has 3 aliphatic heterocycles. The molecule has 0 aliphatic carbocycles. The number of carbonyl (C=O) groups is 1. The Kier molecular flexibility index (Phi) is 5.48. The van der Waals surface area contributed by atoms with Gasteiger partial charge in [-0.25, -0.2) is 5.43 Å². The normalized spacial score (nSPS) is 23.8. The first-order valence-electron chi connectivity index (χ1n) is 10.4. The molecular weight excluding hydrogens is 414 g/mol. The molecule has 3 N–H and O–H groups in total. The fourth-order valence-corrected chi connectivity index (χ4v) is 4.37. The third kappa shape index (κ3) is 4.22. The molecule has 0 spiro atoms. The van der Waals surface area contributed by atoms with Gasteiger partial charge in [-0.3, -0.25) is 15.2 Å². The molecule has 8 nitrogen and oxygen atoms in total. The van der Waals surface area contributed by atoms with Crippen LogP contribution in [0.15, 0.2) is 66.3 Å². The number of hydrazine groups is 1. The zero-order valence-corrected chi connectivity index (χ0v) is 17.7. The van der Waals surface area contributed by atoms with Crippen molar-refractivity contribution in [3.05, 3.63) is 77.3 Å². The Hall–Kier alpha value is -3.10. The summed E-state index contributed by atoms with van der Waals surface area (Å²) in [5, 5.41) is 10.3. The number of aromatic nitrogens is 1. The molecule has 160 valence electrons. The topological polar surface area (TPSA) is 84.9 Å². The summed E-state index contributed by atoms with van der Waals surface area (Å²) in [6, 6.07) is 12.2. The average molecular weight is 438 g/mol. The van der Waals surface area contributed by atoms with E-state index in [2.05, 4.69) is 48.3 Å². The van der Waals surface area contributed by atoms with E-state index in [1.807, 2.05) is 36.7 Å². The lowest BCUT2D eigenvalue weighted by Gasteiger charge is -2.37. The number of hydrogen-bond acceptors (Lipinski definition) is 7. The van der Waals surface area contributed by atoms with Crippen LogP contribution in [0, 0.1) is 0 Å². The number of pyridine rings is 1. The first-order valence-corrected chi connectivity index (χ1v) is 10.8. The summed E-state index contributed by atoms with van der Waals surface area (Å²) >= 11 is 6.03. The number of amidine groups is 1. The van der Waals surface area contributed by atoms with Gasteiger partial charge in [-0.05, 0) is 35.7 Å². The van der Waals surface area contributed by atoms with Crippen LogP contribution in [0.25, 0.3) is 0 Å². The number of amides is 1. The van der Waals surface area contributed by atoms with E-state index in [-0.39, 0.29) is 24.2 Å². The highest BCUT2D eigenvalue weighted by Crippen LogP contribution is 2.34. The largest absolute Gasteiger partial charge is 0.352 e. The van der Waals surface area contributed by atoms with E-state index in [0.717, 1.165) is 22.8 Å². The molecule has 31 heavy (non-hydrogen) atoms. The van der Waals surface area contributed by atoms with Crippen LogP contribution < -0.4 is 16.2 Å². The quantitative estimate of drug-likeness (QED) is 0.643. The number of nitrogens with zero attached hydrogens (tertiary/aromatic N) is 4. The molecule has 1 aromatic carbocycles. The van der Waals surface area contributed by atoms with Gasteiger partial charge in [0.1, 0.15) is 12.0 Å². The van der Waals surface area contributed by atoms with Gasteiger partial charge >= 0.3 is 0 Å². The second-order valence-corrected chi connectivity index (χ2v) is 8.33. The molecule has 5 rings (SSSR count). The highest BCUT2D eigenvalue weighted by molar-refractivity contribution is 6.30. The number of hydrogen-bond donors (Lipinski definition) is 3. The van der Waals surface area contributed by atoms with Gasteiger partial charge < -0.3 is 15.2 Å². The molecule has 1 fully saturated rings. The van der Waals surface area contributed by atoms with Crippen LogP contribution in [-0.2, 0) is 11.3 Å². The minimum absolute atomic E-state index is 0.00274. The lowest BCUT2D eigenvalue weighted by atomic mass is 9.99. The van der Waals surface area contributed by atoms with E-state index >= 15 is 0 Å². The van der Waals surface area contributed by atoms with Crippen LogP contribution in [0.4, 0.5) is 0 Å². The summed E-state index contributed by atoms with van der Waals surface area (Å²) in [5.41, 5.74) is 9.01. The zero-order chi connectivity index (χ0) is 21.2. The van der Waals surface area contributed by atoms with E-state index in [1.54, 1.807) is 12.4 Å². The molecule has 9 heteroatoms. The molecular formula is C22H24ClN7O. The number of halogens is 1. The van der Waals surface area contributed by atoms with Crippen LogP contribution in [-0.4, -0.2) is 38.8 Å². The minimum Gasteiger partial charge on any atom is -0.352 e. The third-order valence-electron chi connectivity index (χ3n) is 5.88. The number of rotatable bonds is 6. The molecule has 0 saturated carbocycles. The molecule has 1 aromatic heterocycles. The van der Waals surface area contributed by atoms with Crippen molar-refractivity contribution in [2.45, 2.75) is 44.1 Å². The maximum atomic E-state index is 12.3. The van der Waals surface area contributed by atoms with Crippen molar-refractivity contribution in [1.82, 2.24) is 31.1 Å². The van der Waals surface area contributed by atoms with Gasteiger partial charge in [-0.2, -0.15) is 5.10 Å². The first kappa shape index (κ1) is 19.8. The van der Waals surface area contributed by atoms with E-state index in [9.17, 15) is 4.79 Å². The molecule has 1 saturated heterocycles. The Balaban J connectivity index is 1.15. The van der Waals surface area contributed by atoms with E-state index in [1.165, 1.54) is 5.56 Å². The third-order valence-corrected chi connectivity index (χ3v) is 6.13. The smallest absolute Gasteiger partial charge is 0.220 e. The lowest BCUT2D eigenvalue weighted by molar-refractivity contribution is -0.121. The summed E-state index contributed by atoms with van der Waals surface area (Å²) in [6.07, 6.45) is 9.49. The number of carbonyl (C=O) groups excluding carboxylic acids is 1. The number of fused-ring (bicyclic) bond motifs is 3. The van der Waals surface area contributed by atoms with Crippen LogP contribution in [0.1, 0.15) is 36.4 Å². The fraction of sp³-hybridized carbons (Fsp3) is 0.318. The van der Waals surface area contributed by atoms with Crippen molar-refractivity contribution in [2.24, 2.45) is 5.10 Å². The van der Waals surface area contributed by atoms with Crippen molar-refractivity contribution in [2.75, 3.05) is 0 Å². The molecule has 2 aromatic rings. The molecule has 0 radical (unpaired) electrons. The molecule has 3 atom stereocenters. The van der Waals surface area contributed by atoms with Crippen molar-refractivity contribution >= 4 is 23.3 Å². The molecule has 4 heterocycles. The van der Waals surface area contributed by atoms with Crippen molar-refractivity contribution in [3.8, 4) is 0 Å². The molecule has 3 aliphatic rings. The number of nitrogens with one attached hydrogen (secondary N) is 3. The summed E-state index contributed by atoms with van der Waals surface area (Å²) in [5.74, 6) is 0.885. The van der Waals surface area contributed by atoms with Gasteiger partial charge in [0.05, 0.1) is 12.1 Å². The molecule has 3 unspecified atom stereocenters. The van der Waals surface area contributed by atoms with Gasteiger partial charge in [0.15, 0.2) is 0 Å². The summed E-state index contributed by atoms with van der Waals surface area (Å²) in [7, 11) is 0. The first-order chi connectivity index (χ1) is 15.2. The summed E-state index contributed by atoms with van der Waals surface area (Å²) in [4.78, 5) is 18.5. The van der Waals surface area contributed by atoms with Gasteiger partial charge in [0.2, 0.25) is 5.91 Å². The standard InChI is InChI=1S/C22H24ClN7O/c23-17-5-3-16(4-6-17)18-12-19-22-27-26-20(29(22)10-11-30(19)28-18)7-8-21(31)25-14-15-2-1-9-24-13-15/h1-6,9-11,13,18-19,22,27-28H,7-8,12,14H2,(H,25,31). The Morgan fingerprint density at radius 2 is 2.10 bits per heavy atom. The molecule has 0 bridgehead atoms. The average Bonchev–Trinajstić information content (AvgIpc) is 3.41. The van der Waals surface area contributed by atoms with Crippen LogP contribution >= 0.6 is 11.6 Å². The Morgan fingerprint density at radius 1 is 1.23 bits per heavy atom. The summed E-state index contributed by atoms with van der Waals surface area (Å²) < 4.78 is 0. The van der Waals surface area contributed by atoms with Crippen LogP contribution in [0.3, 0.4) is 0 Å². The SMILES string of the molecule is O=C(CCC1=NNC2C3CC(c4ccc(Cl)cc4)NN3C=CN12)NCc1cccnc1. The zero-order valence-electron chi connectivity index (χ0n) is 16.9. The van der Waals surface area contributed by atoms with Crippen LogP contribution in [0.2, 0.25) is 5.02 Å². The van der Waals surface area contributed by atoms with E-state index < -0.39 is 0 Å². The van der Waals surface area contributed by atoms with Gasteiger partial charge in [0, 0.05) is 49.2 Å². The van der Waals surface area contributed by atoms with Crippen LogP contribution in [0.5, 0.6) is 0 Å². The number of benzene rings is 1. The predicted octanol–water partition coefficient (Wildman–Crippen LogP) is 2.48. The Bertz CT molecular complexity index is 995. The Morgan fingerprint density at radius 3 is 2.90 bits per heavy atom. The van der Waals surface area contributed by atoms with Gasteiger partial charge in [-0.15, -0.1) is 0 Å². The number of hydrazone groups is 1. The second kappa shape index (κ2) is 8.56. The van der Waals surface area contributed by atoms with Crippen molar-refractivity contribution < 1.29 is 4.79 Å². The summed E-state index contributed by atoms with van der Waals surface area (Å²) in [6.45, 7) is 0.485. The van der Waals surface area contributed by atoms with Crippen molar-refractivity contribution in [1.29, 1.82) is 0 Å². The Labute approximate surface area is 185 Å². The second-order valence-electron chi connectivity index (χ2n) is 7.89. The van der Waals surface area contributed by atoms with E-state index in [0.29, 0.717) is 19.4 Å². The maximum absolute atomic E-state index is 12.3. The maximum Gasteiger partial charge on any atom is 0.220 e. The lowest BCUT2D eigenvalue weighted by Crippen LogP contribution is -2.54. The predicted molar refractivity (Wildman–Crippen MR) is 118 cm³/mol. The fourth-order valence-electron chi connectivity index (χ4n) is 4.24. The van der Waals surface area contributed by atoms with E-state index in [4.69, 9.17) is 11.6 Å². The highest BCUT2D eigenvalue weighted by Gasteiger charge is 2.44. The highest BCUT2D eigenvalue weighted by atomic mass is 35.5. The van der Waals surface area contributed by atoms with Gasteiger partial charge in [0.25, 0.3) is 0 Å². The van der Waals surface area contributed by atoms with Crippen molar-refractivity contribution in [3.63, 3.8) is 0 Å². The monoisotopic (exact) mass is 437 g/mol. The van der Waals surface area contributed by atoms with Gasteiger partial charge in [-0.1, -0.05) is 29.8 Å².